The third kappa shape index (κ3) is 3.19. The van der Waals surface area contributed by atoms with Gasteiger partial charge in [-0.3, -0.25) is 4.90 Å². The SMILES string of the molecule is CC(CC(N)C1CCCC1)N1CCNCC1. The molecule has 0 spiro atoms. The van der Waals surface area contributed by atoms with E-state index in [2.05, 4.69) is 17.1 Å². The molecule has 2 unspecified atom stereocenters. The van der Waals surface area contributed by atoms with Gasteiger partial charge in [-0.05, 0) is 32.1 Å². The average molecular weight is 225 g/mol. The van der Waals surface area contributed by atoms with Crippen molar-refractivity contribution in [2.24, 2.45) is 11.7 Å². The number of piperazine rings is 1. The van der Waals surface area contributed by atoms with Crippen LogP contribution in [0.4, 0.5) is 0 Å². The van der Waals surface area contributed by atoms with Gasteiger partial charge < -0.3 is 11.1 Å². The Labute approximate surface area is 99.8 Å². The summed E-state index contributed by atoms with van der Waals surface area (Å²) in [6, 6.07) is 1.10. The van der Waals surface area contributed by atoms with Gasteiger partial charge in [0, 0.05) is 38.3 Å². The predicted octanol–water partition coefficient (Wildman–Crippen LogP) is 1.19. The van der Waals surface area contributed by atoms with E-state index >= 15 is 0 Å². The summed E-state index contributed by atoms with van der Waals surface area (Å²) in [6.07, 6.45) is 6.73. The minimum atomic E-state index is 0.437. The highest BCUT2D eigenvalue weighted by Gasteiger charge is 2.25. The Morgan fingerprint density at radius 2 is 1.88 bits per heavy atom. The highest BCUT2D eigenvalue weighted by Crippen LogP contribution is 2.29. The Morgan fingerprint density at radius 3 is 2.50 bits per heavy atom. The summed E-state index contributed by atoms with van der Waals surface area (Å²) in [4.78, 5) is 2.59. The van der Waals surface area contributed by atoms with E-state index in [1.54, 1.807) is 0 Å². The van der Waals surface area contributed by atoms with E-state index in [0.717, 1.165) is 19.0 Å². The fraction of sp³-hybridized carbons (Fsp3) is 1.00. The molecule has 1 saturated heterocycles. The molecule has 0 radical (unpaired) electrons. The molecule has 0 bridgehead atoms. The van der Waals surface area contributed by atoms with Crippen LogP contribution in [0.2, 0.25) is 0 Å². The van der Waals surface area contributed by atoms with Gasteiger partial charge in [0.25, 0.3) is 0 Å². The number of hydrogen-bond donors (Lipinski definition) is 2. The lowest BCUT2D eigenvalue weighted by Crippen LogP contribution is -2.49. The Balaban J connectivity index is 1.74. The summed E-state index contributed by atoms with van der Waals surface area (Å²) in [6.45, 7) is 7.02. The van der Waals surface area contributed by atoms with Gasteiger partial charge in [-0.25, -0.2) is 0 Å². The summed E-state index contributed by atoms with van der Waals surface area (Å²) in [7, 11) is 0. The normalized spacial score (nSPS) is 28.1. The first-order valence-electron chi connectivity index (χ1n) is 6.97. The summed E-state index contributed by atoms with van der Waals surface area (Å²) in [5.41, 5.74) is 6.34. The van der Waals surface area contributed by atoms with E-state index in [9.17, 15) is 0 Å². The first-order chi connectivity index (χ1) is 7.77. The monoisotopic (exact) mass is 225 g/mol. The van der Waals surface area contributed by atoms with Crippen molar-refractivity contribution in [1.82, 2.24) is 10.2 Å². The van der Waals surface area contributed by atoms with E-state index in [-0.39, 0.29) is 0 Å². The van der Waals surface area contributed by atoms with Crippen molar-refractivity contribution in [3.05, 3.63) is 0 Å². The van der Waals surface area contributed by atoms with Crippen LogP contribution in [0, 0.1) is 5.92 Å². The summed E-state index contributed by atoms with van der Waals surface area (Å²) >= 11 is 0. The zero-order chi connectivity index (χ0) is 11.4. The maximum Gasteiger partial charge on any atom is 0.0110 e. The molecule has 1 aliphatic heterocycles. The van der Waals surface area contributed by atoms with E-state index in [0.29, 0.717) is 12.1 Å². The molecular formula is C13H27N3. The maximum atomic E-state index is 6.34. The molecule has 3 nitrogen and oxygen atoms in total. The van der Waals surface area contributed by atoms with Crippen molar-refractivity contribution in [2.45, 2.75) is 51.1 Å². The molecule has 0 aromatic heterocycles. The zero-order valence-corrected chi connectivity index (χ0v) is 10.6. The van der Waals surface area contributed by atoms with Crippen LogP contribution in [0.5, 0.6) is 0 Å². The van der Waals surface area contributed by atoms with Crippen molar-refractivity contribution < 1.29 is 0 Å². The van der Waals surface area contributed by atoms with Crippen molar-refractivity contribution in [1.29, 1.82) is 0 Å². The second-order valence-corrected chi connectivity index (χ2v) is 5.58. The Hall–Kier alpha value is -0.120. The van der Waals surface area contributed by atoms with Gasteiger partial charge in [0.2, 0.25) is 0 Å². The standard InChI is InChI=1S/C13H27N3/c1-11(16-8-6-15-7-9-16)10-13(14)12-4-2-3-5-12/h11-13,15H,2-10,14H2,1H3. The molecule has 0 aromatic carbocycles. The van der Waals surface area contributed by atoms with Crippen LogP contribution in [-0.2, 0) is 0 Å². The van der Waals surface area contributed by atoms with E-state index in [1.807, 2.05) is 0 Å². The number of nitrogens with zero attached hydrogens (tertiary/aromatic N) is 1. The molecule has 3 heteroatoms. The summed E-state index contributed by atoms with van der Waals surface area (Å²) in [5.74, 6) is 0.811. The van der Waals surface area contributed by atoms with Crippen LogP contribution in [0.25, 0.3) is 0 Å². The lowest BCUT2D eigenvalue weighted by atomic mass is 9.93. The molecule has 3 N–H and O–H groups in total. The molecule has 2 rings (SSSR count). The van der Waals surface area contributed by atoms with E-state index < -0.39 is 0 Å². The van der Waals surface area contributed by atoms with Gasteiger partial charge in [0.1, 0.15) is 0 Å². The first kappa shape index (κ1) is 12.3. The van der Waals surface area contributed by atoms with E-state index in [4.69, 9.17) is 5.73 Å². The highest BCUT2D eigenvalue weighted by molar-refractivity contribution is 4.83. The van der Waals surface area contributed by atoms with Crippen molar-refractivity contribution in [3.63, 3.8) is 0 Å². The van der Waals surface area contributed by atoms with E-state index in [1.165, 1.54) is 45.2 Å². The molecule has 2 fully saturated rings. The number of nitrogens with one attached hydrogen (secondary N) is 1. The van der Waals surface area contributed by atoms with Gasteiger partial charge in [0.15, 0.2) is 0 Å². The van der Waals surface area contributed by atoms with Crippen LogP contribution >= 0.6 is 0 Å². The van der Waals surface area contributed by atoms with Crippen LogP contribution in [0.3, 0.4) is 0 Å². The van der Waals surface area contributed by atoms with Crippen LogP contribution < -0.4 is 11.1 Å². The van der Waals surface area contributed by atoms with Crippen molar-refractivity contribution in [2.75, 3.05) is 26.2 Å². The molecule has 1 saturated carbocycles. The number of nitrogens with two attached hydrogens (primary N) is 1. The van der Waals surface area contributed by atoms with Gasteiger partial charge in [-0.1, -0.05) is 12.8 Å². The average Bonchev–Trinajstić information content (AvgIpc) is 2.83. The largest absolute Gasteiger partial charge is 0.327 e. The van der Waals surface area contributed by atoms with Crippen molar-refractivity contribution >= 4 is 0 Å². The second kappa shape index (κ2) is 5.99. The topological polar surface area (TPSA) is 41.3 Å². The third-order valence-corrected chi connectivity index (χ3v) is 4.39. The first-order valence-corrected chi connectivity index (χ1v) is 6.97. The van der Waals surface area contributed by atoms with Crippen LogP contribution in [-0.4, -0.2) is 43.2 Å². The maximum absolute atomic E-state index is 6.34. The molecule has 0 amide bonds. The molecule has 94 valence electrons. The number of rotatable bonds is 4. The van der Waals surface area contributed by atoms with Gasteiger partial charge in [-0.2, -0.15) is 0 Å². The Kier molecular flexibility index (Phi) is 4.62. The smallest absolute Gasteiger partial charge is 0.0110 e. The minimum absolute atomic E-state index is 0.437. The fourth-order valence-electron chi connectivity index (χ4n) is 3.24. The quantitative estimate of drug-likeness (QED) is 0.755. The minimum Gasteiger partial charge on any atom is -0.327 e. The van der Waals surface area contributed by atoms with Gasteiger partial charge in [-0.15, -0.1) is 0 Å². The van der Waals surface area contributed by atoms with Crippen LogP contribution in [0.15, 0.2) is 0 Å². The third-order valence-electron chi connectivity index (χ3n) is 4.39. The van der Waals surface area contributed by atoms with Gasteiger partial charge >= 0.3 is 0 Å². The summed E-state index contributed by atoms with van der Waals surface area (Å²) in [5, 5.41) is 3.41. The number of hydrogen-bond acceptors (Lipinski definition) is 3. The fourth-order valence-corrected chi connectivity index (χ4v) is 3.24. The zero-order valence-electron chi connectivity index (χ0n) is 10.6. The predicted molar refractivity (Wildman–Crippen MR) is 68.5 cm³/mol. The van der Waals surface area contributed by atoms with Crippen molar-refractivity contribution in [3.8, 4) is 0 Å². The lowest BCUT2D eigenvalue weighted by molar-refractivity contribution is 0.162. The van der Waals surface area contributed by atoms with Crippen LogP contribution in [0.1, 0.15) is 39.0 Å². The molecule has 1 aliphatic carbocycles. The van der Waals surface area contributed by atoms with Gasteiger partial charge in [0.05, 0.1) is 0 Å². The second-order valence-electron chi connectivity index (χ2n) is 5.58. The lowest BCUT2D eigenvalue weighted by Gasteiger charge is -2.35. The molecule has 0 aromatic rings. The summed E-state index contributed by atoms with van der Waals surface area (Å²) < 4.78 is 0. The molecule has 2 aliphatic rings. The Bertz CT molecular complexity index is 195. The highest BCUT2D eigenvalue weighted by atomic mass is 15.2. The Morgan fingerprint density at radius 1 is 1.25 bits per heavy atom. The molecule has 2 atom stereocenters. The molecular weight excluding hydrogens is 198 g/mol. The molecule has 1 heterocycles. The molecule has 16 heavy (non-hydrogen) atoms.